The van der Waals surface area contributed by atoms with Crippen molar-refractivity contribution in [3.05, 3.63) is 29.1 Å². The predicted octanol–water partition coefficient (Wildman–Crippen LogP) is 3.75. The molecule has 4 aliphatic carbocycles. The van der Waals surface area contributed by atoms with Gasteiger partial charge in [0.25, 0.3) is 0 Å². The number of para-hydroxylation sites is 1. The molecule has 1 heterocycles. The van der Waals surface area contributed by atoms with E-state index in [1.165, 1.54) is 11.1 Å². The van der Waals surface area contributed by atoms with Crippen molar-refractivity contribution in [2.45, 2.75) is 43.4 Å². The Morgan fingerprint density at radius 2 is 2.00 bits per heavy atom. The number of rotatable bonds is 2. The molecule has 2 unspecified atom stereocenters. The van der Waals surface area contributed by atoms with Crippen LogP contribution in [0, 0.1) is 17.3 Å². The number of alkyl halides is 1. The van der Waals surface area contributed by atoms with E-state index in [0.717, 1.165) is 42.4 Å². The van der Waals surface area contributed by atoms with Crippen molar-refractivity contribution in [3.8, 4) is 0 Å². The van der Waals surface area contributed by atoms with Crippen LogP contribution in [-0.2, 0) is 11.8 Å². The summed E-state index contributed by atoms with van der Waals surface area (Å²) in [7, 11) is 1.99. The topological polar surface area (TPSA) is 46.4 Å². The average Bonchev–Trinajstić information content (AvgIpc) is 2.87. The summed E-state index contributed by atoms with van der Waals surface area (Å²) in [5.74, 6) is 1.30. The van der Waals surface area contributed by atoms with E-state index in [9.17, 15) is 4.79 Å². The lowest BCUT2D eigenvalue weighted by Crippen LogP contribution is -2.58. The Morgan fingerprint density at radius 3 is 2.68 bits per heavy atom. The van der Waals surface area contributed by atoms with Crippen LogP contribution in [-0.4, -0.2) is 15.3 Å². The van der Waals surface area contributed by atoms with Gasteiger partial charge in [0.05, 0.1) is 15.6 Å². The van der Waals surface area contributed by atoms with Crippen molar-refractivity contribution in [1.82, 2.24) is 9.99 Å². The van der Waals surface area contributed by atoms with Gasteiger partial charge in [-0.25, -0.2) is 5.43 Å². The normalized spacial score (nSPS) is 37.0. The standard InChI is InChI=1S/C19H22ClN3OS/c1-23-14-4-2-3-5-15(14)25-17(23)22-21-16(24)18-7-12-6-13(8-18)10-19(20,9-12)11-18/h2-5,12-13H,6-11H2,1H3,(H,21,24)/b22-17+/t12-,13+,18?,19?. The third-order valence-electron chi connectivity index (χ3n) is 6.44. The molecule has 4 atom stereocenters. The van der Waals surface area contributed by atoms with Crippen molar-refractivity contribution < 1.29 is 4.79 Å². The second-order valence-electron chi connectivity index (χ2n) is 8.36. The van der Waals surface area contributed by atoms with Crippen LogP contribution in [0.3, 0.4) is 0 Å². The number of hydrogen-bond donors (Lipinski definition) is 1. The minimum absolute atomic E-state index is 0.0732. The number of nitrogens with zero attached hydrogens (tertiary/aromatic N) is 2. The van der Waals surface area contributed by atoms with Gasteiger partial charge in [0, 0.05) is 11.9 Å². The number of aromatic nitrogens is 1. The van der Waals surface area contributed by atoms with Crippen molar-refractivity contribution >= 4 is 39.1 Å². The molecular weight excluding hydrogens is 354 g/mol. The van der Waals surface area contributed by atoms with Crippen LogP contribution in [0.2, 0.25) is 0 Å². The Kier molecular flexibility index (Phi) is 3.39. The highest BCUT2D eigenvalue weighted by Gasteiger charge is 2.60. The predicted molar refractivity (Wildman–Crippen MR) is 100 cm³/mol. The fourth-order valence-electron chi connectivity index (χ4n) is 5.82. The number of nitrogens with one attached hydrogen (secondary N) is 1. The maximum atomic E-state index is 13.1. The molecule has 0 aliphatic heterocycles. The van der Waals surface area contributed by atoms with Gasteiger partial charge in [0.2, 0.25) is 10.7 Å². The summed E-state index contributed by atoms with van der Waals surface area (Å²) in [5, 5.41) is 4.46. The molecule has 6 rings (SSSR count). The number of fused-ring (bicyclic) bond motifs is 1. The molecule has 0 saturated heterocycles. The first-order valence-corrected chi connectivity index (χ1v) is 10.2. The second-order valence-corrected chi connectivity index (χ2v) is 10.2. The van der Waals surface area contributed by atoms with Crippen LogP contribution in [0.1, 0.15) is 38.5 Å². The lowest BCUT2D eigenvalue weighted by Gasteiger charge is -2.58. The largest absolute Gasteiger partial charge is 0.318 e. The highest BCUT2D eigenvalue weighted by atomic mass is 35.5. The smallest absolute Gasteiger partial charge is 0.246 e. The zero-order chi connectivity index (χ0) is 17.2. The second kappa shape index (κ2) is 5.34. The van der Waals surface area contributed by atoms with Crippen LogP contribution >= 0.6 is 22.9 Å². The summed E-state index contributed by atoms with van der Waals surface area (Å²) in [5.41, 5.74) is 3.73. The van der Waals surface area contributed by atoms with Gasteiger partial charge in [0.1, 0.15) is 0 Å². The lowest BCUT2D eigenvalue weighted by molar-refractivity contribution is -0.144. The molecule has 4 nitrogen and oxygen atoms in total. The van der Waals surface area contributed by atoms with Gasteiger partial charge in [-0.15, -0.1) is 16.7 Å². The van der Waals surface area contributed by atoms with Crippen LogP contribution in [0.4, 0.5) is 0 Å². The van der Waals surface area contributed by atoms with Gasteiger partial charge < -0.3 is 4.57 Å². The molecule has 0 radical (unpaired) electrons. The zero-order valence-electron chi connectivity index (χ0n) is 14.3. The summed E-state index contributed by atoms with van der Waals surface area (Å²) in [4.78, 5) is 13.7. The zero-order valence-corrected chi connectivity index (χ0v) is 15.9. The molecule has 4 saturated carbocycles. The summed E-state index contributed by atoms with van der Waals surface area (Å²) in [6.45, 7) is 0. The number of benzene rings is 1. The first-order chi connectivity index (χ1) is 12.0. The van der Waals surface area contributed by atoms with Gasteiger partial charge in [-0.3, -0.25) is 4.79 Å². The number of hydrogen-bond acceptors (Lipinski definition) is 3. The van der Waals surface area contributed by atoms with E-state index in [4.69, 9.17) is 11.6 Å². The van der Waals surface area contributed by atoms with E-state index in [1.54, 1.807) is 11.3 Å². The number of aryl methyl sites for hydroxylation is 1. The van der Waals surface area contributed by atoms with E-state index in [-0.39, 0.29) is 16.2 Å². The summed E-state index contributed by atoms with van der Waals surface area (Å²) in [6, 6.07) is 8.20. The Balaban J connectivity index is 1.44. The number of thiazole rings is 1. The van der Waals surface area contributed by atoms with Crippen molar-refractivity contribution in [2.75, 3.05) is 0 Å². The molecule has 1 aromatic heterocycles. The lowest BCUT2D eigenvalue weighted by atomic mass is 9.49. The SMILES string of the molecule is Cn1/c(=N\NC(=O)C23C[C@@H]4C[C@@H](CC(Cl)(C4)C2)C3)sc2ccccc21. The molecule has 4 bridgehead atoms. The number of amides is 1. The summed E-state index contributed by atoms with van der Waals surface area (Å²) < 4.78 is 3.20. The monoisotopic (exact) mass is 375 g/mol. The Hall–Kier alpha value is -1.33. The average molecular weight is 376 g/mol. The molecule has 4 aliphatic rings. The Morgan fingerprint density at radius 1 is 1.28 bits per heavy atom. The molecule has 6 heteroatoms. The molecular formula is C19H22ClN3OS. The quantitative estimate of drug-likeness (QED) is 0.630. The Bertz CT molecular complexity index is 916. The summed E-state index contributed by atoms with van der Waals surface area (Å²) >= 11 is 8.45. The van der Waals surface area contributed by atoms with Crippen LogP contribution in [0.5, 0.6) is 0 Å². The van der Waals surface area contributed by atoms with Gasteiger partial charge in [-0.2, -0.15) is 0 Å². The molecule has 132 valence electrons. The van der Waals surface area contributed by atoms with Gasteiger partial charge >= 0.3 is 0 Å². The molecule has 1 aromatic carbocycles. The number of carbonyl (C=O) groups is 1. The minimum Gasteiger partial charge on any atom is -0.318 e. The van der Waals surface area contributed by atoms with Crippen LogP contribution in [0.15, 0.2) is 29.4 Å². The van der Waals surface area contributed by atoms with E-state index >= 15 is 0 Å². The maximum Gasteiger partial charge on any atom is 0.246 e. The fourth-order valence-corrected chi connectivity index (χ4v) is 7.49. The first kappa shape index (κ1) is 15.9. The molecule has 25 heavy (non-hydrogen) atoms. The van der Waals surface area contributed by atoms with E-state index in [0.29, 0.717) is 11.8 Å². The molecule has 0 spiro atoms. The number of carbonyl (C=O) groups excluding carboxylic acids is 1. The number of halogens is 1. The molecule has 2 aromatic rings. The van der Waals surface area contributed by atoms with Crippen LogP contribution < -0.4 is 10.2 Å². The van der Waals surface area contributed by atoms with E-state index in [2.05, 4.69) is 22.7 Å². The van der Waals surface area contributed by atoms with Crippen molar-refractivity contribution in [1.29, 1.82) is 0 Å². The Labute approximate surface area is 155 Å². The van der Waals surface area contributed by atoms with Crippen molar-refractivity contribution in [2.24, 2.45) is 29.4 Å². The highest BCUT2D eigenvalue weighted by Crippen LogP contribution is 2.63. The maximum absolute atomic E-state index is 13.1. The van der Waals surface area contributed by atoms with Crippen molar-refractivity contribution in [3.63, 3.8) is 0 Å². The highest BCUT2D eigenvalue weighted by molar-refractivity contribution is 7.16. The molecule has 1 N–H and O–H groups in total. The first-order valence-electron chi connectivity index (χ1n) is 9.04. The van der Waals surface area contributed by atoms with Gasteiger partial charge in [-0.05, 0) is 62.5 Å². The van der Waals surface area contributed by atoms with Gasteiger partial charge in [-0.1, -0.05) is 23.5 Å². The minimum atomic E-state index is -0.301. The van der Waals surface area contributed by atoms with Gasteiger partial charge in [0.15, 0.2) is 0 Å². The third-order valence-corrected chi connectivity index (χ3v) is 7.99. The van der Waals surface area contributed by atoms with E-state index in [1.807, 2.05) is 23.7 Å². The van der Waals surface area contributed by atoms with E-state index < -0.39 is 0 Å². The summed E-state index contributed by atoms with van der Waals surface area (Å²) in [6.07, 6.45) is 6.21. The molecule has 4 fully saturated rings. The molecule has 1 amide bonds. The third kappa shape index (κ3) is 2.47. The fraction of sp³-hybridized carbons (Fsp3) is 0.579. The van der Waals surface area contributed by atoms with Crippen LogP contribution in [0.25, 0.3) is 10.2 Å².